The van der Waals surface area contributed by atoms with Crippen LogP contribution in [0.25, 0.3) is 0 Å². The molecule has 0 aliphatic carbocycles. The number of nitrogens with one attached hydrogen (secondary N) is 2. The molecule has 5 aromatic carbocycles. The molecule has 0 saturated carbocycles. The lowest BCUT2D eigenvalue weighted by molar-refractivity contribution is 0.0676. The van der Waals surface area contributed by atoms with Crippen LogP contribution in [0.1, 0.15) is 41.4 Å². The van der Waals surface area contributed by atoms with E-state index in [0.717, 1.165) is 53.7 Å². The highest BCUT2D eigenvalue weighted by Gasteiger charge is 2.15. The Balaban J connectivity index is 1.18. The van der Waals surface area contributed by atoms with Gasteiger partial charge in [0.1, 0.15) is 0 Å². The zero-order chi connectivity index (χ0) is 38.2. The quantitative estimate of drug-likeness (QED) is 0.0625. The molecule has 54 heavy (non-hydrogen) atoms. The van der Waals surface area contributed by atoms with Gasteiger partial charge in [-0.05, 0) is 103 Å². The molecule has 0 unspecified atom stereocenters. The number of carboxylic acid groups (broad SMARTS) is 4. The molecule has 0 bridgehead atoms. The molecule has 16 heteroatoms. The molecule has 272 valence electrons. The number of ether oxygens (including phenoxy) is 1. The third kappa shape index (κ3) is 9.45. The summed E-state index contributed by atoms with van der Waals surface area (Å²) < 4.78 is 5.55. The maximum absolute atomic E-state index is 11.4. The minimum Gasteiger partial charge on any atom is -0.478 e. The van der Waals surface area contributed by atoms with Gasteiger partial charge in [-0.25, -0.2) is 19.2 Å². The second kappa shape index (κ2) is 16.3. The normalized spacial score (nSPS) is 12.9. The molecular formula is C38H31N7O9. The SMILES string of the molecule is O=C(O)c1cc(N=Nc2ccc(Nc3cc(Nc4ccc(N=Nc5cc(C(=O)O)cc(C(=O)O)c5)cc4)cc(N4CCOCC4)c3)cc2)cc(C(=O)O)c1. The van der Waals surface area contributed by atoms with Crippen LogP contribution in [0.5, 0.6) is 0 Å². The first kappa shape index (κ1) is 36.3. The summed E-state index contributed by atoms with van der Waals surface area (Å²) in [7, 11) is 0. The highest BCUT2D eigenvalue weighted by Crippen LogP contribution is 2.32. The summed E-state index contributed by atoms with van der Waals surface area (Å²) in [6.45, 7) is 2.63. The number of benzene rings is 5. The molecule has 1 saturated heterocycles. The van der Waals surface area contributed by atoms with Gasteiger partial charge in [-0.15, -0.1) is 0 Å². The molecule has 16 nitrogen and oxygen atoms in total. The summed E-state index contributed by atoms with van der Waals surface area (Å²) in [5.41, 5.74) is 4.31. The molecule has 0 amide bonds. The van der Waals surface area contributed by atoms with Gasteiger partial charge in [-0.3, -0.25) is 0 Å². The van der Waals surface area contributed by atoms with Crippen molar-refractivity contribution in [2.75, 3.05) is 41.8 Å². The van der Waals surface area contributed by atoms with Crippen LogP contribution in [0.15, 0.2) is 124 Å². The van der Waals surface area contributed by atoms with E-state index in [4.69, 9.17) is 4.74 Å². The van der Waals surface area contributed by atoms with Crippen LogP contribution in [0.2, 0.25) is 0 Å². The number of morpholine rings is 1. The van der Waals surface area contributed by atoms with E-state index >= 15 is 0 Å². The van der Waals surface area contributed by atoms with Crippen molar-refractivity contribution in [1.82, 2.24) is 0 Å². The maximum atomic E-state index is 11.4. The number of aromatic carboxylic acids is 4. The van der Waals surface area contributed by atoms with Gasteiger partial charge in [0.05, 0.1) is 58.2 Å². The maximum Gasteiger partial charge on any atom is 0.335 e. The topological polar surface area (TPSA) is 235 Å². The summed E-state index contributed by atoms with van der Waals surface area (Å²) in [4.78, 5) is 47.9. The highest BCUT2D eigenvalue weighted by molar-refractivity contribution is 5.96. The van der Waals surface area contributed by atoms with Crippen molar-refractivity contribution in [2.24, 2.45) is 20.5 Å². The molecule has 0 spiro atoms. The van der Waals surface area contributed by atoms with Crippen molar-refractivity contribution in [3.05, 3.63) is 125 Å². The molecular weight excluding hydrogens is 698 g/mol. The van der Waals surface area contributed by atoms with Gasteiger partial charge in [-0.2, -0.15) is 20.5 Å². The molecule has 5 aromatic rings. The van der Waals surface area contributed by atoms with Crippen LogP contribution in [0.4, 0.5) is 51.2 Å². The van der Waals surface area contributed by atoms with Crippen LogP contribution < -0.4 is 15.5 Å². The van der Waals surface area contributed by atoms with Crippen LogP contribution >= 0.6 is 0 Å². The Morgan fingerprint density at radius 2 is 0.815 bits per heavy atom. The second-order valence-corrected chi connectivity index (χ2v) is 11.9. The molecule has 1 aliphatic rings. The first-order valence-corrected chi connectivity index (χ1v) is 16.3. The minimum absolute atomic E-state index is 0.0906. The minimum atomic E-state index is -1.28. The molecule has 6 rings (SSSR count). The van der Waals surface area contributed by atoms with E-state index in [0.29, 0.717) is 24.6 Å². The molecule has 1 heterocycles. The van der Waals surface area contributed by atoms with E-state index < -0.39 is 23.9 Å². The number of hydrogen-bond acceptors (Lipinski definition) is 12. The number of nitrogens with zero attached hydrogens (tertiary/aromatic N) is 5. The molecule has 1 aliphatic heterocycles. The highest BCUT2D eigenvalue weighted by atomic mass is 16.5. The van der Waals surface area contributed by atoms with Crippen LogP contribution in [0, 0.1) is 0 Å². The Bertz CT molecular complexity index is 2070. The number of carboxylic acids is 4. The van der Waals surface area contributed by atoms with Gasteiger partial charge in [-0.1, -0.05) is 0 Å². The fourth-order valence-electron chi connectivity index (χ4n) is 5.38. The Labute approximate surface area is 306 Å². The average Bonchev–Trinajstić information content (AvgIpc) is 3.17. The van der Waals surface area contributed by atoms with E-state index in [-0.39, 0.29) is 33.6 Å². The molecule has 0 atom stereocenters. The van der Waals surface area contributed by atoms with Gasteiger partial charge in [0.25, 0.3) is 0 Å². The predicted octanol–water partition coefficient (Wildman–Crippen LogP) is 8.63. The lowest BCUT2D eigenvalue weighted by atomic mass is 10.1. The molecule has 1 fully saturated rings. The van der Waals surface area contributed by atoms with E-state index in [1.54, 1.807) is 48.5 Å². The van der Waals surface area contributed by atoms with Crippen molar-refractivity contribution >= 4 is 75.1 Å². The van der Waals surface area contributed by atoms with Crippen molar-refractivity contribution in [3.8, 4) is 0 Å². The summed E-state index contributed by atoms with van der Waals surface area (Å²) in [5.74, 6) is -5.11. The van der Waals surface area contributed by atoms with Crippen LogP contribution in [0.3, 0.4) is 0 Å². The van der Waals surface area contributed by atoms with Gasteiger partial charge < -0.3 is 40.7 Å². The fourth-order valence-corrected chi connectivity index (χ4v) is 5.38. The first-order valence-electron chi connectivity index (χ1n) is 16.3. The lowest BCUT2D eigenvalue weighted by Crippen LogP contribution is -2.36. The Hall–Kier alpha value is -7.46. The summed E-state index contributed by atoms with van der Waals surface area (Å²) >= 11 is 0. The second-order valence-electron chi connectivity index (χ2n) is 11.9. The largest absolute Gasteiger partial charge is 0.478 e. The van der Waals surface area contributed by atoms with Gasteiger partial charge in [0.15, 0.2) is 0 Å². The molecule has 0 aromatic heterocycles. The summed E-state index contributed by atoms with van der Waals surface area (Å²) in [5, 5.41) is 60.5. The zero-order valence-corrected chi connectivity index (χ0v) is 28.2. The smallest absolute Gasteiger partial charge is 0.335 e. The van der Waals surface area contributed by atoms with E-state index in [1.807, 2.05) is 18.2 Å². The average molecular weight is 730 g/mol. The number of carbonyl (C=O) groups is 4. The number of azo groups is 2. The van der Waals surface area contributed by atoms with Crippen LogP contribution in [-0.2, 0) is 4.74 Å². The number of anilines is 5. The van der Waals surface area contributed by atoms with Gasteiger partial charge >= 0.3 is 23.9 Å². The fraction of sp³-hybridized carbons (Fsp3) is 0.105. The first-order chi connectivity index (χ1) is 26.0. The van der Waals surface area contributed by atoms with Crippen molar-refractivity contribution in [1.29, 1.82) is 0 Å². The van der Waals surface area contributed by atoms with E-state index in [9.17, 15) is 39.6 Å². The van der Waals surface area contributed by atoms with Gasteiger partial charge in [0, 0.05) is 41.5 Å². The van der Waals surface area contributed by atoms with Crippen molar-refractivity contribution in [2.45, 2.75) is 0 Å². The van der Waals surface area contributed by atoms with E-state index in [2.05, 4.69) is 36.0 Å². The Morgan fingerprint density at radius 1 is 0.463 bits per heavy atom. The predicted molar refractivity (Wildman–Crippen MR) is 198 cm³/mol. The van der Waals surface area contributed by atoms with Crippen molar-refractivity contribution in [3.63, 3.8) is 0 Å². The molecule has 6 N–H and O–H groups in total. The Morgan fingerprint density at radius 3 is 1.17 bits per heavy atom. The van der Waals surface area contributed by atoms with Crippen molar-refractivity contribution < 1.29 is 44.3 Å². The van der Waals surface area contributed by atoms with Crippen LogP contribution in [-0.4, -0.2) is 70.6 Å². The number of hydrogen-bond donors (Lipinski definition) is 6. The zero-order valence-electron chi connectivity index (χ0n) is 28.2. The number of rotatable bonds is 13. The Kier molecular flexibility index (Phi) is 10.9. The summed E-state index contributed by atoms with van der Waals surface area (Å²) in [6, 6.07) is 27.1. The van der Waals surface area contributed by atoms with E-state index in [1.165, 1.54) is 24.3 Å². The third-order valence-electron chi connectivity index (χ3n) is 7.99. The van der Waals surface area contributed by atoms with Gasteiger partial charge in [0.2, 0.25) is 0 Å². The third-order valence-corrected chi connectivity index (χ3v) is 7.99. The monoisotopic (exact) mass is 729 g/mol. The standard InChI is InChI=1S/C38H31N7O9/c46-35(47)22-13-23(36(48)49)16-32(15-22)43-41-28-5-1-26(2-6-28)39-30-19-31(21-34(20-30)45-9-11-54-12-10-45)40-27-3-7-29(8-4-27)42-44-33-17-24(37(50)51)14-25(18-33)38(52)53/h1-8,13-21,39-40H,9-12H2,(H,46,47)(H,48,49)(H,50,51)(H,52,53). The lowest BCUT2D eigenvalue weighted by Gasteiger charge is -2.29. The molecule has 0 radical (unpaired) electrons. The summed E-state index contributed by atoms with van der Waals surface area (Å²) in [6.07, 6.45) is 0.